The molecule has 8 nitrogen and oxygen atoms in total. The van der Waals surface area contributed by atoms with Gasteiger partial charge in [-0.15, -0.1) is 0 Å². The second kappa shape index (κ2) is 10.9. The van der Waals surface area contributed by atoms with Gasteiger partial charge in [0.1, 0.15) is 5.69 Å². The fourth-order valence-electron chi connectivity index (χ4n) is 4.98. The molecule has 3 aromatic carbocycles. The third-order valence-electron chi connectivity index (χ3n) is 6.93. The van der Waals surface area contributed by atoms with Crippen LogP contribution in [0.25, 0.3) is 22.0 Å². The zero-order valence-corrected chi connectivity index (χ0v) is 21.5. The summed E-state index contributed by atoms with van der Waals surface area (Å²) < 4.78 is 10.9. The highest BCUT2D eigenvalue weighted by atomic mass is 16.5. The number of fused-ring (bicyclic) bond motifs is 2. The summed E-state index contributed by atoms with van der Waals surface area (Å²) in [6.45, 7) is 2.84. The van der Waals surface area contributed by atoms with Gasteiger partial charge in [-0.05, 0) is 53.4 Å². The first-order valence-electron chi connectivity index (χ1n) is 12.5. The molecule has 0 atom stereocenters. The maximum atomic E-state index is 13.3. The lowest BCUT2D eigenvalue weighted by molar-refractivity contribution is 0.0946. The average Bonchev–Trinajstić information content (AvgIpc) is 2.95. The van der Waals surface area contributed by atoms with Gasteiger partial charge in [0.2, 0.25) is 0 Å². The summed E-state index contributed by atoms with van der Waals surface area (Å²) in [7, 11) is 3.28. The number of para-hydroxylation sites is 1. The number of methoxy groups -OCH3 is 2. The Morgan fingerprint density at radius 1 is 0.947 bits per heavy atom. The Bertz CT molecular complexity index is 1520. The molecule has 0 saturated heterocycles. The minimum atomic E-state index is -0.638. The van der Waals surface area contributed by atoms with Crippen molar-refractivity contribution in [1.29, 1.82) is 0 Å². The normalized spacial score (nSPS) is 13.1. The number of benzene rings is 3. The zero-order valence-electron chi connectivity index (χ0n) is 21.5. The average molecular weight is 511 g/mol. The number of nitrogens with zero attached hydrogens (tertiary/aromatic N) is 2. The van der Waals surface area contributed by atoms with Gasteiger partial charge in [-0.1, -0.05) is 36.4 Å². The van der Waals surface area contributed by atoms with Gasteiger partial charge in [-0.25, -0.2) is 4.98 Å². The maximum Gasteiger partial charge on any atom is 0.267 e. The molecule has 38 heavy (non-hydrogen) atoms. The molecule has 0 fully saturated rings. The van der Waals surface area contributed by atoms with Crippen molar-refractivity contribution >= 4 is 22.7 Å². The molecule has 1 aliphatic rings. The van der Waals surface area contributed by atoms with Gasteiger partial charge >= 0.3 is 0 Å². The minimum absolute atomic E-state index is 0.142. The Labute approximate surface area is 221 Å². The SMILES string of the molecule is COc1cc2c(cc1OC)CN(CCNC(=O)c1ccccc1-c1cc3ccccc3nc1C(N)=O)CC2. The number of pyridine rings is 1. The molecule has 0 radical (unpaired) electrons. The predicted octanol–water partition coefficient (Wildman–Crippen LogP) is 3.81. The van der Waals surface area contributed by atoms with Gasteiger partial charge < -0.3 is 20.5 Å². The van der Waals surface area contributed by atoms with E-state index in [-0.39, 0.29) is 11.6 Å². The van der Waals surface area contributed by atoms with Crippen molar-refractivity contribution in [3.63, 3.8) is 0 Å². The van der Waals surface area contributed by atoms with Crippen LogP contribution < -0.4 is 20.5 Å². The number of primary amides is 1. The largest absolute Gasteiger partial charge is 0.493 e. The van der Waals surface area contributed by atoms with E-state index < -0.39 is 5.91 Å². The standard InChI is InChI=1S/C30H30N4O4/c1-37-26-16-19-11-13-34(18-21(19)17-27(26)38-2)14-12-32-30(36)23-9-5-4-8-22(23)24-15-20-7-3-6-10-25(20)33-28(24)29(31)35/h3-10,15-17H,11-14,18H2,1-2H3,(H2,31,35)(H,32,36). The van der Waals surface area contributed by atoms with Crippen LogP contribution in [-0.4, -0.2) is 55.6 Å². The molecule has 4 aromatic rings. The van der Waals surface area contributed by atoms with Gasteiger partial charge in [0.25, 0.3) is 11.8 Å². The van der Waals surface area contributed by atoms with Crippen LogP contribution >= 0.6 is 0 Å². The van der Waals surface area contributed by atoms with E-state index >= 15 is 0 Å². The van der Waals surface area contributed by atoms with Gasteiger partial charge in [0.05, 0.1) is 19.7 Å². The lowest BCUT2D eigenvalue weighted by Crippen LogP contribution is -2.38. The van der Waals surface area contributed by atoms with Crippen molar-refractivity contribution in [1.82, 2.24) is 15.2 Å². The van der Waals surface area contributed by atoms with Crippen LogP contribution in [0.1, 0.15) is 32.0 Å². The van der Waals surface area contributed by atoms with E-state index in [1.165, 1.54) is 11.1 Å². The van der Waals surface area contributed by atoms with Gasteiger partial charge in [-0.2, -0.15) is 0 Å². The molecule has 3 N–H and O–H groups in total. The molecule has 0 aliphatic carbocycles. The summed E-state index contributed by atoms with van der Waals surface area (Å²) in [5.74, 6) is 0.608. The number of hydrogen-bond acceptors (Lipinski definition) is 6. The van der Waals surface area contributed by atoms with E-state index in [0.717, 1.165) is 36.4 Å². The van der Waals surface area contributed by atoms with Crippen molar-refractivity contribution in [3.8, 4) is 22.6 Å². The molecule has 2 heterocycles. The summed E-state index contributed by atoms with van der Waals surface area (Å²) in [6.07, 6.45) is 0.900. The van der Waals surface area contributed by atoms with E-state index in [4.69, 9.17) is 15.2 Å². The molecule has 2 amide bonds. The summed E-state index contributed by atoms with van der Waals surface area (Å²) in [5.41, 5.74) is 10.6. The van der Waals surface area contributed by atoms with Crippen LogP contribution in [0.2, 0.25) is 0 Å². The lowest BCUT2D eigenvalue weighted by atomic mass is 9.96. The number of nitrogens with two attached hydrogens (primary N) is 1. The second-order valence-corrected chi connectivity index (χ2v) is 9.25. The molecular weight excluding hydrogens is 480 g/mol. The van der Waals surface area contributed by atoms with Crippen molar-refractivity contribution in [2.75, 3.05) is 33.9 Å². The minimum Gasteiger partial charge on any atom is -0.493 e. The van der Waals surface area contributed by atoms with Crippen LogP contribution in [-0.2, 0) is 13.0 Å². The van der Waals surface area contributed by atoms with Crippen LogP contribution in [0.3, 0.4) is 0 Å². The third-order valence-corrected chi connectivity index (χ3v) is 6.93. The Morgan fingerprint density at radius 2 is 1.66 bits per heavy atom. The lowest BCUT2D eigenvalue weighted by Gasteiger charge is -2.29. The summed E-state index contributed by atoms with van der Waals surface area (Å²) >= 11 is 0. The Balaban J connectivity index is 1.31. The first kappa shape index (κ1) is 25.2. The number of amides is 2. The first-order valence-corrected chi connectivity index (χ1v) is 12.5. The van der Waals surface area contributed by atoms with Gasteiger partial charge in [-0.3, -0.25) is 14.5 Å². The van der Waals surface area contributed by atoms with Crippen molar-refractivity contribution in [2.24, 2.45) is 5.73 Å². The molecule has 0 saturated carbocycles. The number of hydrogen-bond donors (Lipinski definition) is 2. The van der Waals surface area contributed by atoms with Crippen molar-refractivity contribution in [2.45, 2.75) is 13.0 Å². The summed E-state index contributed by atoms with van der Waals surface area (Å²) in [4.78, 5) is 32.3. The Hall–Kier alpha value is -4.43. The van der Waals surface area contributed by atoms with E-state index in [1.807, 2.05) is 54.6 Å². The topological polar surface area (TPSA) is 107 Å². The van der Waals surface area contributed by atoms with E-state index in [0.29, 0.717) is 35.3 Å². The number of carbonyl (C=O) groups excluding carboxylic acids is 2. The number of nitrogens with one attached hydrogen (secondary N) is 1. The molecular formula is C30H30N4O4. The Morgan fingerprint density at radius 3 is 2.42 bits per heavy atom. The molecule has 0 bridgehead atoms. The monoisotopic (exact) mass is 510 g/mol. The highest BCUT2D eigenvalue weighted by molar-refractivity contribution is 6.06. The van der Waals surface area contributed by atoms with Gasteiger partial charge in [0, 0.05) is 42.7 Å². The first-order chi connectivity index (χ1) is 18.5. The molecule has 0 unspecified atom stereocenters. The van der Waals surface area contributed by atoms with Gasteiger partial charge in [0.15, 0.2) is 11.5 Å². The maximum absolute atomic E-state index is 13.3. The third kappa shape index (κ3) is 5.03. The smallest absolute Gasteiger partial charge is 0.267 e. The van der Waals surface area contributed by atoms with Crippen molar-refractivity contribution in [3.05, 3.63) is 89.1 Å². The molecule has 8 heteroatoms. The molecule has 1 aromatic heterocycles. The molecule has 0 spiro atoms. The molecule has 5 rings (SSSR count). The summed E-state index contributed by atoms with van der Waals surface area (Å²) in [6, 6.07) is 20.7. The van der Waals surface area contributed by atoms with Crippen LogP contribution in [0.15, 0.2) is 66.7 Å². The number of carbonyl (C=O) groups is 2. The van der Waals surface area contributed by atoms with E-state index in [2.05, 4.69) is 15.2 Å². The van der Waals surface area contributed by atoms with E-state index in [1.54, 1.807) is 26.4 Å². The summed E-state index contributed by atoms with van der Waals surface area (Å²) in [5, 5.41) is 3.91. The molecule has 194 valence electrons. The van der Waals surface area contributed by atoms with E-state index in [9.17, 15) is 9.59 Å². The second-order valence-electron chi connectivity index (χ2n) is 9.25. The van der Waals surface area contributed by atoms with Crippen molar-refractivity contribution < 1.29 is 19.1 Å². The predicted molar refractivity (Wildman–Crippen MR) is 147 cm³/mol. The fraction of sp³-hybridized carbons (Fsp3) is 0.233. The fourth-order valence-corrected chi connectivity index (χ4v) is 4.98. The highest BCUT2D eigenvalue weighted by Gasteiger charge is 2.21. The molecule has 1 aliphatic heterocycles. The number of rotatable bonds is 8. The number of ether oxygens (including phenoxy) is 2. The highest BCUT2D eigenvalue weighted by Crippen LogP contribution is 2.33. The van der Waals surface area contributed by atoms with Crippen LogP contribution in [0, 0.1) is 0 Å². The number of aromatic nitrogens is 1. The quantitative estimate of drug-likeness (QED) is 0.373. The Kier molecular flexibility index (Phi) is 7.24. The zero-order chi connectivity index (χ0) is 26.6. The van der Waals surface area contributed by atoms with Crippen LogP contribution in [0.5, 0.6) is 11.5 Å². The van der Waals surface area contributed by atoms with Crippen LogP contribution in [0.4, 0.5) is 0 Å².